The van der Waals surface area contributed by atoms with Gasteiger partial charge in [-0.25, -0.2) is 13.2 Å². The van der Waals surface area contributed by atoms with E-state index in [4.69, 9.17) is 19.3 Å². The van der Waals surface area contributed by atoms with Crippen molar-refractivity contribution in [3.8, 4) is 17.2 Å². The molecule has 0 heterocycles. The Morgan fingerprint density at radius 2 is 1.70 bits per heavy atom. The predicted molar refractivity (Wildman–Crippen MR) is 100 cm³/mol. The van der Waals surface area contributed by atoms with Crippen LogP contribution in [0.1, 0.15) is 5.56 Å². The van der Waals surface area contributed by atoms with E-state index >= 15 is 0 Å². The van der Waals surface area contributed by atoms with E-state index in [1.807, 2.05) is 0 Å². The zero-order chi connectivity index (χ0) is 20.0. The first-order chi connectivity index (χ1) is 12.8. The second kappa shape index (κ2) is 8.45. The van der Waals surface area contributed by atoms with E-state index < -0.39 is 16.0 Å². The summed E-state index contributed by atoms with van der Waals surface area (Å²) in [5.41, 5.74) is 0.558. The highest BCUT2D eigenvalue weighted by Gasteiger charge is 2.25. The van der Waals surface area contributed by atoms with Crippen molar-refractivity contribution < 1.29 is 32.5 Å². The molecule has 0 aliphatic carbocycles. The zero-order valence-electron chi connectivity index (χ0n) is 14.9. The van der Waals surface area contributed by atoms with Gasteiger partial charge < -0.3 is 19.3 Å². The second-order valence-corrected chi connectivity index (χ2v) is 6.88. The third-order valence-corrected chi connectivity index (χ3v) is 4.90. The van der Waals surface area contributed by atoms with Crippen molar-refractivity contribution in [1.29, 1.82) is 0 Å². The maximum atomic E-state index is 13.0. The number of rotatable bonds is 8. The highest BCUT2D eigenvalue weighted by Crippen LogP contribution is 2.37. The Labute approximate surface area is 157 Å². The molecule has 0 saturated carbocycles. The minimum Gasteiger partial charge on any atom is -0.495 e. The van der Waals surface area contributed by atoms with E-state index in [0.29, 0.717) is 11.3 Å². The number of para-hydroxylation sites is 2. The summed E-state index contributed by atoms with van der Waals surface area (Å²) < 4.78 is 43.9. The van der Waals surface area contributed by atoms with E-state index in [9.17, 15) is 13.2 Å². The minimum absolute atomic E-state index is 0.00706. The first kappa shape index (κ1) is 20.1. The fourth-order valence-electron chi connectivity index (χ4n) is 2.34. The SMILES string of the molecule is COc1ccccc1NS(=O)(=O)c1cc(/C=C/C(=O)O)cc(OC)c1OC. The van der Waals surface area contributed by atoms with Crippen LogP contribution >= 0.6 is 0 Å². The van der Waals surface area contributed by atoms with Crippen LogP contribution in [0, 0.1) is 0 Å². The Morgan fingerprint density at radius 1 is 1.04 bits per heavy atom. The lowest BCUT2D eigenvalue weighted by Gasteiger charge is -2.16. The maximum Gasteiger partial charge on any atom is 0.328 e. The first-order valence-electron chi connectivity index (χ1n) is 7.65. The number of carboxylic acid groups (broad SMARTS) is 1. The monoisotopic (exact) mass is 393 g/mol. The molecular weight excluding hydrogens is 374 g/mol. The quantitative estimate of drug-likeness (QED) is 0.663. The van der Waals surface area contributed by atoms with Gasteiger partial charge >= 0.3 is 5.97 Å². The molecule has 9 heteroatoms. The van der Waals surface area contributed by atoms with Crippen LogP contribution in [-0.2, 0) is 14.8 Å². The molecule has 0 aliphatic rings. The van der Waals surface area contributed by atoms with E-state index in [0.717, 1.165) is 6.08 Å². The van der Waals surface area contributed by atoms with Crippen molar-refractivity contribution in [2.24, 2.45) is 0 Å². The molecule has 0 aliphatic heterocycles. The van der Waals surface area contributed by atoms with Gasteiger partial charge in [-0.3, -0.25) is 4.72 Å². The third kappa shape index (κ3) is 4.70. The summed E-state index contributed by atoms with van der Waals surface area (Å²) in [5, 5.41) is 8.80. The molecule has 0 radical (unpaired) electrons. The number of aliphatic carboxylic acids is 1. The number of methoxy groups -OCH3 is 3. The van der Waals surface area contributed by atoms with Gasteiger partial charge in [0, 0.05) is 6.08 Å². The number of hydrogen-bond acceptors (Lipinski definition) is 6. The lowest BCUT2D eigenvalue weighted by Crippen LogP contribution is -2.15. The summed E-state index contributed by atoms with van der Waals surface area (Å²) in [5.74, 6) is -0.687. The van der Waals surface area contributed by atoms with Gasteiger partial charge in [0.05, 0.1) is 27.0 Å². The summed E-state index contributed by atoms with van der Waals surface area (Å²) in [4.78, 5) is 10.5. The number of carbonyl (C=O) groups is 1. The molecule has 2 N–H and O–H groups in total. The molecule has 27 heavy (non-hydrogen) atoms. The van der Waals surface area contributed by atoms with Gasteiger partial charge in [0.25, 0.3) is 10.0 Å². The van der Waals surface area contributed by atoms with Crippen LogP contribution < -0.4 is 18.9 Å². The average Bonchev–Trinajstić information content (AvgIpc) is 2.65. The van der Waals surface area contributed by atoms with E-state index in [2.05, 4.69) is 4.72 Å². The Balaban J connectivity index is 2.59. The van der Waals surface area contributed by atoms with Gasteiger partial charge in [-0.2, -0.15) is 0 Å². The summed E-state index contributed by atoms with van der Waals surface area (Å²) in [7, 11) is -0.00798. The van der Waals surface area contributed by atoms with Crippen LogP contribution in [0.15, 0.2) is 47.4 Å². The standard InChI is InChI=1S/C18H19NO7S/c1-24-14-7-5-4-6-13(14)19-27(22,23)16-11-12(8-9-17(20)21)10-15(25-2)18(16)26-3/h4-11,19H,1-3H3,(H,20,21)/b9-8+. The topological polar surface area (TPSA) is 111 Å². The highest BCUT2D eigenvalue weighted by atomic mass is 32.2. The Bertz CT molecular complexity index is 968. The smallest absolute Gasteiger partial charge is 0.328 e. The van der Waals surface area contributed by atoms with Gasteiger partial charge in [-0.05, 0) is 35.9 Å². The van der Waals surface area contributed by atoms with Gasteiger partial charge in [-0.15, -0.1) is 0 Å². The fraction of sp³-hybridized carbons (Fsp3) is 0.167. The lowest BCUT2D eigenvalue weighted by atomic mass is 10.2. The van der Waals surface area contributed by atoms with Crippen LogP contribution in [0.5, 0.6) is 17.2 Å². The number of hydrogen-bond donors (Lipinski definition) is 2. The summed E-state index contributed by atoms with van der Waals surface area (Å²) in [6.07, 6.45) is 2.15. The summed E-state index contributed by atoms with van der Waals surface area (Å²) >= 11 is 0. The van der Waals surface area contributed by atoms with Gasteiger partial charge in [0.1, 0.15) is 10.6 Å². The molecular formula is C18H19NO7S. The van der Waals surface area contributed by atoms with Crippen LogP contribution in [0.2, 0.25) is 0 Å². The van der Waals surface area contributed by atoms with Crippen molar-refractivity contribution >= 4 is 27.8 Å². The van der Waals surface area contributed by atoms with Crippen molar-refractivity contribution in [3.63, 3.8) is 0 Å². The molecule has 2 aromatic carbocycles. The van der Waals surface area contributed by atoms with Crippen molar-refractivity contribution in [2.45, 2.75) is 4.90 Å². The highest BCUT2D eigenvalue weighted by molar-refractivity contribution is 7.92. The lowest BCUT2D eigenvalue weighted by molar-refractivity contribution is -0.131. The number of ether oxygens (including phenoxy) is 3. The van der Waals surface area contributed by atoms with Crippen molar-refractivity contribution in [2.75, 3.05) is 26.1 Å². The van der Waals surface area contributed by atoms with E-state index in [-0.39, 0.29) is 22.1 Å². The van der Waals surface area contributed by atoms with Crippen molar-refractivity contribution in [3.05, 3.63) is 48.0 Å². The molecule has 0 aromatic heterocycles. The number of sulfonamides is 1. The summed E-state index contributed by atoms with van der Waals surface area (Å²) in [6.45, 7) is 0. The zero-order valence-corrected chi connectivity index (χ0v) is 15.7. The number of anilines is 1. The molecule has 0 fully saturated rings. The Hall–Kier alpha value is -3.20. The largest absolute Gasteiger partial charge is 0.495 e. The molecule has 2 aromatic rings. The fourth-order valence-corrected chi connectivity index (χ4v) is 3.63. The minimum atomic E-state index is -4.10. The number of benzene rings is 2. The maximum absolute atomic E-state index is 13.0. The Morgan fingerprint density at radius 3 is 2.30 bits per heavy atom. The van der Waals surface area contributed by atoms with Crippen molar-refractivity contribution in [1.82, 2.24) is 0 Å². The second-order valence-electron chi connectivity index (χ2n) is 5.23. The van der Waals surface area contributed by atoms with Crippen LogP contribution in [0.3, 0.4) is 0 Å². The number of carboxylic acids is 1. The Kier molecular flexibility index (Phi) is 6.30. The van der Waals surface area contributed by atoms with Crippen LogP contribution in [-0.4, -0.2) is 40.8 Å². The normalized spacial score (nSPS) is 11.2. The van der Waals surface area contributed by atoms with Gasteiger partial charge in [0.15, 0.2) is 11.5 Å². The summed E-state index contributed by atoms with van der Waals surface area (Å²) in [6, 6.07) is 9.29. The van der Waals surface area contributed by atoms with Crippen LogP contribution in [0.25, 0.3) is 6.08 Å². The van der Waals surface area contributed by atoms with Gasteiger partial charge in [0.2, 0.25) is 0 Å². The predicted octanol–water partition coefficient (Wildman–Crippen LogP) is 2.61. The molecule has 0 saturated heterocycles. The number of nitrogens with one attached hydrogen (secondary N) is 1. The third-order valence-electron chi connectivity index (χ3n) is 3.53. The molecule has 8 nitrogen and oxygen atoms in total. The van der Waals surface area contributed by atoms with E-state index in [1.165, 1.54) is 39.5 Å². The molecule has 0 spiro atoms. The molecule has 0 bridgehead atoms. The van der Waals surface area contributed by atoms with Gasteiger partial charge in [-0.1, -0.05) is 12.1 Å². The van der Waals surface area contributed by atoms with Crippen LogP contribution in [0.4, 0.5) is 5.69 Å². The first-order valence-corrected chi connectivity index (χ1v) is 9.13. The molecule has 144 valence electrons. The molecule has 0 atom stereocenters. The average molecular weight is 393 g/mol. The molecule has 0 amide bonds. The van der Waals surface area contributed by atoms with E-state index in [1.54, 1.807) is 24.3 Å². The molecule has 2 rings (SSSR count). The molecule has 0 unspecified atom stereocenters.